The maximum absolute atomic E-state index is 6.12. The Kier molecular flexibility index (Phi) is 6.61. The molecule has 1 aliphatic carbocycles. The number of hydrogen-bond acceptors (Lipinski definition) is 5. The minimum Gasteiger partial charge on any atom is -0.456 e. The molecule has 5 aromatic heterocycles. The monoisotopic (exact) mass is 684 g/mol. The van der Waals surface area contributed by atoms with Crippen LogP contribution in [-0.2, 0) is 13.0 Å². The molecular formula is C46H32N6O. The van der Waals surface area contributed by atoms with E-state index in [0.29, 0.717) is 12.4 Å². The molecule has 10 aromatic rings. The molecule has 0 amide bonds. The molecule has 0 saturated heterocycles. The maximum Gasteiger partial charge on any atom is 0.159 e. The molecule has 1 N–H and O–H groups in total. The number of aryl methyl sites for hydroxylation is 1. The van der Waals surface area contributed by atoms with Crippen LogP contribution in [0.4, 0.5) is 0 Å². The van der Waals surface area contributed by atoms with Gasteiger partial charge in [-0.1, -0.05) is 72.8 Å². The minimum absolute atomic E-state index is 0.696. The van der Waals surface area contributed by atoms with Gasteiger partial charge in [-0.15, -0.1) is 0 Å². The van der Waals surface area contributed by atoms with Crippen LogP contribution >= 0.6 is 0 Å². The van der Waals surface area contributed by atoms with Crippen LogP contribution in [0.5, 0.6) is 0 Å². The van der Waals surface area contributed by atoms with Gasteiger partial charge in [0.1, 0.15) is 11.2 Å². The van der Waals surface area contributed by atoms with Crippen molar-refractivity contribution in [2.24, 2.45) is 0 Å². The molecule has 0 fully saturated rings. The summed E-state index contributed by atoms with van der Waals surface area (Å²) in [7, 11) is 0. The van der Waals surface area contributed by atoms with Crippen molar-refractivity contribution in [3.63, 3.8) is 0 Å². The molecule has 7 nitrogen and oxygen atoms in total. The summed E-state index contributed by atoms with van der Waals surface area (Å²) >= 11 is 0. The van der Waals surface area contributed by atoms with Crippen molar-refractivity contribution in [2.75, 3.05) is 5.43 Å². The Bertz CT molecular complexity index is 3080. The van der Waals surface area contributed by atoms with Crippen LogP contribution < -0.4 is 5.43 Å². The van der Waals surface area contributed by atoms with E-state index in [1.807, 2.05) is 30.6 Å². The van der Waals surface area contributed by atoms with Crippen molar-refractivity contribution in [3.05, 3.63) is 163 Å². The van der Waals surface area contributed by atoms with Crippen LogP contribution in [-0.4, -0.2) is 24.2 Å². The van der Waals surface area contributed by atoms with Crippen LogP contribution in [0.2, 0.25) is 0 Å². The van der Waals surface area contributed by atoms with Crippen molar-refractivity contribution in [1.82, 2.24) is 24.2 Å². The second-order valence-corrected chi connectivity index (χ2v) is 13.7. The van der Waals surface area contributed by atoms with E-state index >= 15 is 0 Å². The Morgan fingerprint density at radius 2 is 1.53 bits per heavy atom. The zero-order valence-corrected chi connectivity index (χ0v) is 28.7. The zero-order chi connectivity index (χ0) is 34.9. The van der Waals surface area contributed by atoms with Gasteiger partial charge in [0.25, 0.3) is 0 Å². The first-order chi connectivity index (χ1) is 26.3. The van der Waals surface area contributed by atoms with Gasteiger partial charge in [0.2, 0.25) is 0 Å². The van der Waals surface area contributed by atoms with Gasteiger partial charge >= 0.3 is 0 Å². The SMILES string of the molecule is C1=Cc2c(c3cc(-c4ccnc(-c5ccc6c7ccccc7n(NCc7ccccc7)c6c5)n4)ccc3n2-c2ccc3oc4ccncc4c3c2)CC1. The predicted molar refractivity (Wildman–Crippen MR) is 215 cm³/mol. The van der Waals surface area contributed by atoms with Crippen molar-refractivity contribution >= 4 is 60.7 Å². The molecule has 0 unspecified atom stereocenters. The van der Waals surface area contributed by atoms with Gasteiger partial charge in [-0.2, -0.15) is 0 Å². The quantitative estimate of drug-likeness (QED) is 0.189. The Balaban J connectivity index is 0.999. The van der Waals surface area contributed by atoms with Gasteiger partial charge in [-0.25, -0.2) is 9.97 Å². The van der Waals surface area contributed by atoms with Gasteiger partial charge in [-0.3, -0.25) is 9.66 Å². The molecule has 1 aliphatic rings. The van der Waals surface area contributed by atoms with Gasteiger partial charge < -0.3 is 14.4 Å². The number of para-hydroxylation sites is 1. The summed E-state index contributed by atoms with van der Waals surface area (Å²) in [5.41, 5.74) is 16.6. The topological polar surface area (TPSA) is 73.7 Å². The van der Waals surface area contributed by atoms with Crippen molar-refractivity contribution in [3.8, 4) is 28.3 Å². The molecule has 53 heavy (non-hydrogen) atoms. The van der Waals surface area contributed by atoms with Crippen LogP contribution in [0.15, 0.2) is 150 Å². The number of aromatic nitrogens is 5. The van der Waals surface area contributed by atoms with Crippen LogP contribution in [0.25, 0.3) is 89.1 Å². The molecule has 0 radical (unpaired) electrons. The Morgan fingerprint density at radius 1 is 0.660 bits per heavy atom. The number of fused-ring (bicyclic) bond motifs is 9. The van der Waals surface area contributed by atoms with Gasteiger partial charge in [0.05, 0.1) is 28.8 Å². The van der Waals surface area contributed by atoms with E-state index in [-0.39, 0.29) is 0 Å². The maximum atomic E-state index is 6.12. The normalized spacial score (nSPS) is 12.8. The summed E-state index contributed by atoms with van der Waals surface area (Å²) in [6.45, 7) is 0.709. The molecule has 0 saturated carbocycles. The number of allylic oxidation sites excluding steroid dienone is 1. The molecule has 252 valence electrons. The molecule has 0 aliphatic heterocycles. The van der Waals surface area contributed by atoms with E-state index in [4.69, 9.17) is 14.4 Å². The van der Waals surface area contributed by atoms with E-state index in [1.165, 1.54) is 38.5 Å². The first-order valence-electron chi connectivity index (χ1n) is 18.0. The second-order valence-electron chi connectivity index (χ2n) is 13.7. The predicted octanol–water partition coefficient (Wildman–Crippen LogP) is 10.9. The third kappa shape index (κ3) is 4.78. The number of furan rings is 1. The molecule has 0 atom stereocenters. The number of benzene rings is 5. The van der Waals surface area contributed by atoms with Crippen LogP contribution in [0.1, 0.15) is 23.2 Å². The van der Waals surface area contributed by atoms with Crippen LogP contribution in [0.3, 0.4) is 0 Å². The highest BCUT2D eigenvalue weighted by Crippen LogP contribution is 2.38. The van der Waals surface area contributed by atoms with E-state index in [1.54, 1.807) is 6.20 Å². The average Bonchev–Trinajstić information content (AvgIpc) is 3.87. The summed E-state index contributed by atoms with van der Waals surface area (Å²) in [6, 6.07) is 42.7. The summed E-state index contributed by atoms with van der Waals surface area (Å²) in [4.78, 5) is 14.3. The summed E-state index contributed by atoms with van der Waals surface area (Å²) in [5, 5.41) is 5.73. The van der Waals surface area contributed by atoms with E-state index in [9.17, 15) is 0 Å². The fraction of sp³-hybridized carbons (Fsp3) is 0.0652. The highest BCUT2D eigenvalue weighted by Gasteiger charge is 2.21. The van der Waals surface area contributed by atoms with E-state index < -0.39 is 0 Å². The smallest absolute Gasteiger partial charge is 0.159 e. The van der Waals surface area contributed by atoms with Crippen molar-refractivity contribution in [2.45, 2.75) is 19.4 Å². The highest BCUT2D eigenvalue weighted by atomic mass is 16.3. The first-order valence-corrected chi connectivity index (χ1v) is 18.0. The number of nitrogens with zero attached hydrogens (tertiary/aromatic N) is 5. The number of hydrogen-bond donors (Lipinski definition) is 1. The summed E-state index contributed by atoms with van der Waals surface area (Å²) < 4.78 is 10.7. The Labute approximate surface area is 304 Å². The largest absolute Gasteiger partial charge is 0.456 e. The lowest BCUT2D eigenvalue weighted by Gasteiger charge is -2.12. The molecule has 5 heterocycles. The Hall–Kier alpha value is -6.99. The fourth-order valence-corrected chi connectivity index (χ4v) is 8.13. The summed E-state index contributed by atoms with van der Waals surface area (Å²) in [6.07, 6.45) is 12.1. The molecule has 7 heteroatoms. The average molecular weight is 685 g/mol. The lowest BCUT2D eigenvalue weighted by molar-refractivity contribution is 0.668. The van der Waals surface area contributed by atoms with Gasteiger partial charge in [0.15, 0.2) is 5.82 Å². The minimum atomic E-state index is 0.696. The fourth-order valence-electron chi connectivity index (χ4n) is 8.13. The van der Waals surface area contributed by atoms with E-state index in [2.05, 4.69) is 135 Å². The van der Waals surface area contributed by atoms with Crippen molar-refractivity contribution in [1.29, 1.82) is 0 Å². The molecule has 0 spiro atoms. The number of rotatable bonds is 6. The zero-order valence-electron chi connectivity index (χ0n) is 28.7. The number of nitrogens with one attached hydrogen (secondary N) is 1. The lowest BCUT2D eigenvalue weighted by Crippen LogP contribution is -2.13. The number of pyridine rings is 1. The molecular weight excluding hydrogens is 653 g/mol. The molecule has 11 rings (SSSR count). The van der Waals surface area contributed by atoms with Gasteiger partial charge in [0, 0.05) is 68.0 Å². The third-order valence-electron chi connectivity index (χ3n) is 10.6. The second kappa shape index (κ2) is 11.8. The Morgan fingerprint density at radius 3 is 2.49 bits per heavy atom. The third-order valence-corrected chi connectivity index (χ3v) is 10.6. The van der Waals surface area contributed by atoms with Gasteiger partial charge in [-0.05, 0) is 84.6 Å². The summed E-state index contributed by atoms with van der Waals surface area (Å²) in [5.74, 6) is 0.696. The van der Waals surface area contributed by atoms with Crippen LogP contribution in [0, 0.1) is 0 Å². The highest BCUT2D eigenvalue weighted by molar-refractivity contribution is 6.09. The van der Waals surface area contributed by atoms with Crippen molar-refractivity contribution < 1.29 is 4.42 Å². The lowest BCUT2D eigenvalue weighted by atomic mass is 9.99. The standard InChI is InChI=1S/C46H32N6O/c1-2-8-29(9-3-1)27-49-52-42-13-7-5-10-33(42)35-17-14-31(25-43(35)52)46-48-23-20-39(50-46)30-15-18-41-36(24-30)34-11-4-6-12-40(34)51(41)32-16-19-44-37(26-32)38-28-47-22-21-45(38)53-44/h1-3,5-10,12-26,28,49H,4,11,27H2. The molecule has 0 bridgehead atoms. The first kappa shape index (κ1) is 29.7. The van der Waals surface area contributed by atoms with E-state index in [0.717, 1.165) is 68.3 Å². The molecule has 5 aromatic carbocycles.